The molecule has 4 rings (SSSR count). The molecule has 1 fully saturated rings. The monoisotopic (exact) mass is 468 g/mol. The smallest absolute Gasteiger partial charge is 0.310 e. The van der Waals surface area contributed by atoms with Gasteiger partial charge >= 0.3 is 5.97 Å². The van der Waals surface area contributed by atoms with Crippen LogP contribution in [0.3, 0.4) is 0 Å². The van der Waals surface area contributed by atoms with Crippen molar-refractivity contribution in [2.24, 2.45) is 11.8 Å². The number of esters is 1. The first-order valence-corrected chi connectivity index (χ1v) is 12.7. The predicted octanol–water partition coefficient (Wildman–Crippen LogP) is 4.49. The highest BCUT2D eigenvalue weighted by atomic mass is 32.1. The van der Waals surface area contributed by atoms with E-state index in [0.717, 1.165) is 23.3 Å². The molecule has 0 aliphatic carbocycles. The number of thiophene rings is 1. The molecule has 1 aromatic heterocycles. The summed E-state index contributed by atoms with van der Waals surface area (Å²) in [6.07, 6.45) is 1.50. The first-order chi connectivity index (χ1) is 15.9. The minimum Gasteiger partial charge on any atom is -0.466 e. The Bertz CT molecular complexity index is 1000. The number of nitrogens with zero attached hydrogens (tertiary/aromatic N) is 2. The van der Waals surface area contributed by atoms with Crippen LogP contribution in [-0.2, 0) is 14.3 Å². The lowest BCUT2D eigenvalue weighted by Crippen LogP contribution is -2.51. The van der Waals surface area contributed by atoms with E-state index in [-0.39, 0.29) is 35.7 Å². The van der Waals surface area contributed by atoms with Gasteiger partial charge in [0, 0.05) is 30.1 Å². The second kappa shape index (κ2) is 10.1. The molecule has 3 unspecified atom stereocenters. The zero-order valence-electron chi connectivity index (χ0n) is 19.5. The van der Waals surface area contributed by atoms with Gasteiger partial charge < -0.3 is 14.5 Å². The fourth-order valence-corrected chi connectivity index (χ4v) is 5.93. The highest BCUT2D eigenvalue weighted by Crippen LogP contribution is 2.45. The van der Waals surface area contributed by atoms with Crippen LogP contribution in [0, 0.1) is 11.8 Å². The zero-order valence-corrected chi connectivity index (χ0v) is 20.3. The first-order valence-electron chi connectivity index (χ1n) is 11.8. The van der Waals surface area contributed by atoms with E-state index < -0.39 is 5.92 Å². The maximum atomic E-state index is 14.1. The average molecular weight is 469 g/mol. The third-order valence-electron chi connectivity index (χ3n) is 6.45. The number of rotatable bonds is 6. The van der Waals surface area contributed by atoms with Crippen LogP contribution in [0.5, 0.6) is 0 Å². The van der Waals surface area contributed by atoms with Crippen LogP contribution in [0.15, 0.2) is 41.8 Å². The predicted molar refractivity (Wildman–Crippen MR) is 128 cm³/mol. The highest BCUT2D eigenvalue weighted by Gasteiger charge is 2.46. The summed E-state index contributed by atoms with van der Waals surface area (Å²) < 4.78 is 5.24. The zero-order chi connectivity index (χ0) is 23.5. The van der Waals surface area contributed by atoms with E-state index in [1.54, 1.807) is 18.3 Å². The summed E-state index contributed by atoms with van der Waals surface area (Å²) in [5, 5.41) is 1.99. The Morgan fingerprint density at radius 2 is 1.97 bits per heavy atom. The van der Waals surface area contributed by atoms with Crippen molar-refractivity contribution in [3.8, 4) is 0 Å². The number of carbonyl (C=O) groups excluding carboxylic acids is 3. The molecule has 7 heteroatoms. The second-order valence-electron chi connectivity index (χ2n) is 9.25. The Morgan fingerprint density at radius 1 is 1.18 bits per heavy atom. The number of piperidine rings is 1. The molecule has 3 atom stereocenters. The second-order valence-corrected chi connectivity index (χ2v) is 10.2. The van der Waals surface area contributed by atoms with Gasteiger partial charge in [-0.1, -0.05) is 38.1 Å². The van der Waals surface area contributed by atoms with E-state index in [2.05, 4.69) is 13.8 Å². The molecular formula is C26H32N2O4S. The summed E-state index contributed by atoms with van der Waals surface area (Å²) in [7, 11) is 0. The molecule has 2 amide bonds. The summed E-state index contributed by atoms with van der Waals surface area (Å²) in [5.41, 5.74) is 1.38. The number of benzene rings is 1. The van der Waals surface area contributed by atoms with Crippen LogP contribution in [0.1, 0.15) is 66.4 Å². The van der Waals surface area contributed by atoms with Crippen molar-refractivity contribution in [1.82, 2.24) is 9.80 Å². The Balaban J connectivity index is 1.74. The van der Waals surface area contributed by atoms with Gasteiger partial charge in [0.05, 0.1) is 24.5 Å². The molecule has 33 heavy (non-hydrogen) atoms. The number of likely N-dealkylation sites (tertiary alicyclic amines) is 1. The number of fused-ring (bicyclic) bond motifs is 1. The van der Waals surface area contributed by atoms with Crippen molar-refractivity contribution in [2.75, 3.05) is 26.2 Å². The number of hydrogen-bond acceptors (Lipinski definition) is 5. The van der Waals surface area contributed by atoms with Crippen LogP contribution >= 0.6 is 11.3 Å². The molecule has 1 aromatic carbocycles. The van der Waals surface area contributed by atoms with Crippen molar-refractivity contribution in [3.05, 3.63) is 57.8 Å². The van der Waals surface area contributed by atoms with Gasteiger partial charge in [0.1, 0.15) is 0 Å². The summed E-state index contributed by atoms with van der Waals surface area (Å²) in [5.74, 6) is -0.806. The molecule has 0 bridgehead atoms. The van der Waals surface area contributed by atoms with Gasteiger partial charge in [0.2, 0.25) is 5.91 Å². The first kappa shape index (κ1) is 23.5. The minimum absolute atomic E-state index is 0.0175. The maximum Gasteiger partial charge on any atom is 0.310 e. The van der Waals surface area contributed by atoms with Crippen LogP contribution < -0.4 is 0 Å². The number of hydrogen-bond donors (Lipinski definition) is 0. The van der Waals surface area contributed by atoms with Crippen molar-refractivity contribution in [1.29, 1.82) is 0 Å². The average Bonchev–Trinajstić information content (AvgIpc) is 3.35. The molecule has 0 saturated carbocycles. The lowest BCUT2D eigenvalue weighted by atomic mass is 9.80. The largest absolute Gasteiger partial charge is 0.466 e. The van der Waals surface area contributed by atoms with Gasteiger partial charge in [-0.2, -0.15) is 0 Å². The molecule has 1 saturated heterocycles. The number of carbonyl (C=O) groups is 3. The Morgan fingerprint density at radius 3 is 2.67 bits per heavy atom. The van der Waals surface area contributed by atoms with Gasteiger partial charge in [-0.05, 0) is 48.8 Å². The standard InChI is InChI=1S/C26H32N2O4S/c1-4-32-26(31)18-9-7-13-27(16-18)25(30)22-19-10-5-6-11-20(19)24(29)28(15-17(2)3)23(22)21-12-8-14-33-21/h5-6,8,10-12,14,17-18,22-23H,4,7,9,13,15-16H2,1-3H3. The Hall–Kier alpha value is -2.67. The van der Waals surface area contributed by atoms with Gasteiger partial charge in [-0.15, -0.1) is 11.3 Å². The van der Waals surface area contributed by atoms with Gasteiger partial charge in [-0.25, -0.2) is 0 Å². The maximum absolute atomic E-state index is 14.1. The molecule has 0 spiro atoms. The topological polar surface area (TPSA) is 66.9 Å². The van der Waals surface area contributed by atoms with E-state index in [1.807, 2.05) is 51.6 Å². The van der Waals surface area contributed by atoms with Crippen LogP contribution in [0.4, 0.5) is 0 Å². The third kappa shape index (κ3) is 4.69. The quantitative estimate of drug-likeness (QED) is 0.586. The number of amides is 2. The molecule has 176 valence electrons. The normalized spacial score (nSPS) is 22.9. The SMILES string of the molecule is CCOC(=O)C1CCCN(C(=O)C2c3ccccc3C(=O)N(CC(C)C)C2c2cccs2)C1. The molecule has 0 N–H and O–H groups in total. The molecule has 0 radical (unpaired) electrons. The molecule has 3 heterocycles. The molecule has 2 aliphatic heterocycles. The van der Waals surface area contributed by atoms with Gasteiger partial charge in [0.25, 0.3) is 5.91 Å². The van der Waals surface area contributed by atoms with Gasteiger partial charge in [-0.3, -0.25) is 14.4 Å². The Kier molecular flexibility index (Phi) is 7.17. The molecule has 6 nitrogen and oxygen atoms in total. The van der Waals surface area contributed by atoms with Crippen molar-refractivity contribution < 1.29 is 19.1 Å². The summed E-state index contributed by atoms with van der Waals surface area (Å²) >= 11 is 1.58. The summed E-state index contributed by atoms with van der Waals surface area (Å²) in [4.78, 5) is 44.8. The fourth-order valence-electron chi connectivity index (χ4n) is 5.06. The van der Waals surface area contributed by atoms with Crippen molar-refractivity contribution in [2.45, 2.75) is 45.6 Å². The molecule has 2 aliphatic rings. The van der Waals surface area contributed by atoms with Gasteiger partial charge in [0.15, 0.2) is 0 Å². The minimum atomic E-state index is -0.503. The van der Waals surface area contributed by atoms with Crippen molar-refractivity contribution in [3.63, 3.8) is 0 Å². The van der Waals surface area contributed by atoms with Crippen LogP contribution in [-0.4, -0.2) is 53.8 Å². The van der Waals surface area contributed by atoms with E-state index in [9.17, 15) is 14.4 Å². The van der Waals surface area contributed by atoms with E-state index in [4.69, 9.17) is 4.74 Å². The van der Waals surface area contributed by atoms with E-state index >= 15 is 0 Å². The lowest BCUT2D eigenvalue weighted by Gasteiger charge is -2.44. The van der Waals surface area contributed by atoms with E-state index in [1.165, 1.54) is 0 Å². The van der Waals surface area contributed by atoms with Crippen molar-refractivity contribution >= 4 is 29.1 Å². The highest BCUT2D eigenvalue weighted by molar-refractivity contribution is 7.10. The van der Waals surface area contributed by atoms with E-state index in [0.29, 0.717) is 31.8 Å². The lowest BCUT2D eigenvalue weighted by molar-refractivity contribution is -0.151. The van der Waals surface area contributed by atoms with Crippen LogP contribution in [0.25, 0.3) is 0 Å². The summed E-state index contributed by atoms with van der Waals surface area (Å²) in [6, 6.07) is 11.1. The Labute approximate surface area is 199 Å². The summed E-state index contributed by atoms with van der Waals surface area (Å²) in [6.45, 7) is 7.87. The fraction of sp³-hybridized carbons (Fsp3) is 0.500. The number of ether oxygens (including phenoxy) is 1. The molecular weight excluding hydrogens is 436 g/mol. The molecule has 2 aromatic rings. The third-order valence-corrected chi connectivity index (χ3v) is 7.40. The van der Waals surface area contributed by atoms with Crippen LogP contribution in [0.2, 0.25) is 0 Å².